The van der Waals surface area contributed by atoms with Crippen molar-refractivity contribution < 1.29 is 23.1 Å². The van der Waals surface area contributed by atoms with E-state index in [4.69, 9.17) is 16.7 Å². The Kier molecular flexibility index (Phi) is 5.92. The summed E-state index contributed by atoms with van der Waals surface area (Å²) in [4.78, 5) is 23.7. The Hall–Kier alpha value is -2.84. The molecular weight excluding hydrogens is 428 g/mol. The van der Waals surface area contributed by atoms with Gasteiger partial charge in [0.15, 0.2) is 15.1 Å². The SMILES string of the molecule is C[C@@H](NC(=O)c1cc2cc(Cl)ccc2n1C)c1ccc(S(=O)(=O)[C@@H](C)C(=O)O)cc1. The Balaban J connectivity index is 1.79. The van der Waals surface area contributed by atoms with Crippen LogP contribution in [0.2, 0.25) is 5.02 Å². The molecule has 0 aliphatic heterocycles. The lowest BCUT2D eigenvalue weighted by Crippen LogP contribution is -2.28. The number of halogens is 1. The fraction of sp³-hybridized carbons (Fsp3) is 0.238. The van der Waals surface area contributed by atoms with E-state index in [0.29, 0.717) is 16.3 Å². The molecule has 1 amide bonds. The molecule has 2 atom stereocenters. The average molecular weight is 449 g/mol. The van der Waals surface area contributed by atoms with Crippen molar-refractivity contribution in [3.63, 3.8) is 0 Å². The van der Waals surface area contributed by atoms with Gasteiger partial charge in [0.25, 0.3) is 5.91 Å². The van der Waals surface area contributed by atoms with E-state index in [1.807, 2.05) is 6.07 Å². The minimum Gasteiger partial charge on any atom is -0.480 e. The van der Waals surface area contributed by atoms with Crippen LogP contribution < -0.4 is 5.32 Å². The number of nitrogens with one attached hydrogen (secondary N) is 1. The number of carboxylic acid groups (broad SMARTS) is 1. The normalized spacial score (nSPS) is 13.7. The second kappa shape index (κ2) is 8.12. The topological polar surface area (TPSA) is 105 Å². The monoisotopic (exact) mass is 448 g/mol. The molecule has 3 rings (SSSR count). The molecule has 0 saturated heterocycles. The second-order valence-corrected chi connectivity index (χ2v) is 9.79. The number of rotatable bonds is 6. The number of carbonyl (C=O) groups excluding carboxylic acids is 1. The summed E-state index contributed by atoms with van der Waals surface area (Å²) in [5.74, 6) is -1.69. The third-order valence-electron chi connectivity index (χ3n) is 5.11. The van der Waals surface area contributed by atoms with Crippen LogP contribution >= 0.6 is 11.6 Å². The second-order valence-electron chi connectivity index (χ2n) is 7.08. The Bertz CT molecular complexity index is 1230. The number of benzene rings is 2. The number of sulfone groups is 1. The standard InChI is InChI=1S/C21H21ClN2O5S/c1-12(14-4-7-17(8-5-14)30(28,29)13(2)21(26)27)23-20(25)19-11-15-10-16(22)6-9-18(15)24(19)3/h4-13H,1-3H3,(H,23,25)(H,26,27)/t12-,13+/m1/s1. The van der Waals surface area contributed by atoms with Crippen LogP contribution in [0.25, 0.3) is 10.9 Å². The van der Waals surface area contributed by atoms with Gasteiger partial charge >= 0.3 is 5.97 Å². The van der Waals surface area contributed by atoms with Gasteiger partial charge in [0, 0.05) is 23.0 Å². The summed E-state index contributed by atoms with van der Waals surface area (Å²) >= 11 is 6.02. The number of hydrogen-bond donors (Lipinski definition) is 2. The van der Waals surface area contributed by atoms with Gasteiger partial charge in [-0.15, -0.1) is 0 Å². The number of amides is 1. The number of aliphatic carboxylic acids is 1. The molecule has 0 aliphatic rings. The fourth-order valence-corrected chi connectivity index (χ4v) is 4.54. The lowest BCUT2D eigenvalue weighted by Gasteiger charge is -2.16. The van der Waals surface area contributed by atoms with Gasteiger partial charge in [-0.3, -0.25) is 9.59 Å². The summed E-state index contributed by atoms with van der Waals surface area (Å²) in [5.41, 5.74) is 2.03. The summed E-state index contributed by atoms with van der Waals surface area (Å²) in [6, 6.07) is 12.6. The van der Waals surface area contributed by atoms with Crippen molar-refractivity contribution in [1.82, 2.24) is 9.88 Å². The van der Waals surface area contributed by atoms with E-state index >= 15 is 0 Å². The Morgan fingerprint density at radius 1 is 1.07 bits per heavy atom. The first-order chi connectivity index (χ1) is 14.0. The molecule has 1 aromatic heterocycles. The smallest absolute Gasteiger partial charge is 0.321 e. The van der Waals surface area contributed by atoms with Crippen LogP contribution in [0, 0.1) is 0 Å². The molecule has 30 heavy (non-hydrogen) atoms. The van der Waals surface area contributed by atoms with Crippen LogP contribution in [0.15, 0.2) is 53.4 Å². The zero-order valence-electron chi connectivity index (χ0n) is 16.6. The van der Waals surface area contributed by atoms with Crippen molar-refractivity contribution in [3.8, 4) is 0 Å². The molecule has 0 saturated carbocycles. The molecule has 158 valence electrons. The molecule has 3 aromatic rings. The van der Waals surface area contributed by atoms with Crippen LogP contribution in [-0.2, 0) is 21.7 Å². The van der Waals surface area contributed by atoms with Crippen molar-refractivity contribution in [3.05, 3.63) is 64.8 Å². The highest BCUT2D eigenvalue weighted by atomic mass is 35.5. The molecule has 0 spiro atoms. The number of aryl methyl sites for hydroxylation is 1. The maximum atomic E-state index is 12.8. The number of nitrogens with zero attached hydrogens (tertiary/aromatic N) is 1. The van der Waals surface area contributed by atoms with Gasteiger partial charge in [0.1, 0.15) is 5.69 Å². The molecule has 9 heteroatoms. The molecule has 0 fully saturated rings. The van der Waals surface area contributed by atoms with Crippen LogP contribution in [0.1, 0.15) is 35.9 Å². The highest BCUT2D eigenvalue weighted by Gasteiger charge is 2.29. The number of aromatic nitrogens is 1. The third-order valence-corrected chi connectivity index (χ3v) is 7.40. The number of hydrogen-bond acceptors (Lipinski definition) is 4. The van der Waals surface area contributed by atoms with E-state index in [0.717, 1.165) is 17.8 Å². The summed E-state index contributed by atoms with van der Waals surface area (Å²) < 4.78 is 26.4. The largest absolute Gasteiger partial charge is 0.480 e. The summed E-state index contributed by atoms with van der Waals surface area (Å²) in [5, 5.41) is 11.8. The molecule has 2 N–H and O–H groups in total. The average Bonchev–Trinajstić information content (AvgIpc) is 3.03. The first kappa shape index (κ1) is 21.9. The maximum Gasteiger partial charge on any atom is 0.321 e. The number of carbonyl (C=O) groups is 2. The molecule has 0 aliphatic carbocycles. The van der Waals surface area contributed by atoms with E-state index in [-0.39, 0.29) is 10.8 Å². The lowest BCUT2D eigenvalue weighted by molar-refractivity contribution is -0.136. The van der Waals surface area contributed by atoms with Gasteiger partial charge < -0.3 is 15.0 Å². The molecule has 0 unspecified atom stereocenters. The van der Waals surface area contributed by atoms with E-state index in [1.165, 1.54) is 12.1 Å². The lowest BCUT2D eigenvalue weighted by atomic mass is 10.1. The minimum atomic E-state index is -3.97. The highest BCUT2D eigenvalue weighted by molar-refractivity contribution is 7.92. The Labute approximate surface area is 179 Å². The third kappa shape index (κ3) is 4.06. The predicted octanol–water partition coefficient (Wildman–Crippen LogP) is 3.57. The van der Waals surface area contributed by atoms with Gasteiger partial charge in [0.2, 0.25) is 0 Å². The van der Waals surface area contributed by atoms with Gasteiger partial charge in [-0.1, -0.05) is 23.7 Å². The maximum absolute atomic E-state index is 12.8. The van der Waals surface area contributed by atoms with E-state index < -0.39 is 27.1 Å². The van der Waals surface area contributed by atoms with Gasteiger partial charge in [0.05, 0.1) is 10.9 Å². The van der Waals surface area contributed by atoms with Crippen molar-refractivity contribution in [1.29, 1.82) is 0 Å². The molecule has 0 radical (unpaired) electrons. The number of fused-ring (bicyclic) bond motifs is 1. The molecule has 2 aromatic carbocycles. The molecule has 0 bridgehead atoms. The van der Waals surface area contributed by atoms with Crippen LogP contribution in [0.4, 0.5) is 0 Å². The summed E-state index contributed by atoms with van der Waals surface area (Å²) in [6.07, 6.45) is 0. The quantitative estimate of drug-likeness (QED) is 0.599. The Morgan fingerprint density at radius 2 is 1.70 bits per heavy atom. The minimum absolute atomic E-state index is 0.0785. The molecule has 1 heterocycles. The van der Waals surface area contributed by atoms with Crippen molar-refractivity contribution >= 4 is 44.2 Å². The van der Waals surface area contributed by atoms with Gasteiger partial charge in [-0.05, 0) is 55.8 Å². The highest BCUT2D eigenvalue weighted by Crippen LogP contribution is 2.24. The van der Waals surface area contributed by atoms with Crippen LogP contribution in [-0.4, -0.2) is 35.2 Å². The molecule has 7 nitrogen and oxygen atoms in total. The van der Waals surface area contributed by atoms with E-state index in [9.17, 15) is 18.0 Å². The van der Waals surface area contributed by atoms with Crippen molar-refractivity contribution in [2.24, 2.45) is 7.05 Å². The van der Waals surface area contributed by atoms with E-state index in [2.05, 4.69) is 5.32 Å². The van der Waals surface area contributed by atoms with Crippen LogP contribution in [0.5, 0.6) is 0 Å². The molecular formula is C21H21ClN2O5S. The zero-order valence-corrected chi connectivity index (χ0v) is 18.2. The van der Waals surface area contributed by atoms with E-state index in [1.54, 1.807) is 48.9 Å². The van der Waals surface area contributed by atoms with Crippen molar-refractivity contribution in [2.45, 2.75) is 30.0 Å². The first-order valence-electron chi connectivity index (χ1n) is 9.15. The van der Waals surface area contributed by atoms with Crippen molar-refractivity contribution in [2.75, 3.05) is 0 Å². The van der Waals surface area contributed by atoms with Gasteiger partial charge in [-0.25, -0.2) is 8.42 Å². The number of carboxylic acids is 1. The predicted molar refractivity (Wildman–Crippen MR) is 115 cm³/mol. The summed E-state index contributed by atoms with van der Waals surface area (Å²) in [6.45, 7) is 2.91. The first-order valence-corrected chi connectivity index (χ1v) is 11.1. The Morgan fingerprint density at radius 3 is 2.30 bits per heavy atom. The van der Waals surface area contributed by atoms with Gasteiger partial charge in [-0.2, -0.15) is 0 Å². The fourth-order valence-electron chi connectivity index (χ4n) is 3.18. The van der Waals surface area contributed by atoms with Crippen LogP contribution in [0.3, 0.4) is 0 Å². The zero-order chi connectivity index (χ0) is 22.2. The summed E-state index contributed by atoms with van der Waals surface area (Å²) in [7, 11) is -2.18.